The number of hydrogen-bond donors (Lipinski definition) is 2. The first-order valence-corrected chi connectivity index (χ1v) is 9.85. The molecular weight excluding hydrogens is 353 g/mol. The van der Waals surface area contributed by atoms with E-state index in [4.69, 9.17) is 11.5 Å². The van der Waals surface area contributed by atoms with E-state index in [-0.39, 0.29) is 17.2 Å². The smallest absolute Gasteiger partial charge is 0.169 e. The Morgan fingerprint density at radius 3 is 2.42 bits per heavy atom. The SMILES string of the molecule is Cc1cccc([C@@]2(C)C(N)=N[C@](C)(c3cc(N)ccc3F)CS2(=O)=O)c1. The molecule has 0 amide bonds. The number of amidine groups is 1. The minimum atomic E-state index is -3.79. The molecule has 0 fully saturated rings. The molecule has 5 nitrogen and oxygen atoms in total. The highest BCUT2D eigenvalue weighted by Crippen LogP contribution is 2.43. The maximum Gasteiger partial charge on any atom is 0.169 e. The van der Waals surface area contributed by atoms with Crippen LogP contribution in [0.4, 0.5) is 10.1 Å². The molecule has 0 saturated heterocycles. The van der Waals surface area contributed by atoms with Gasteiger partial charge in [0.2, 0.25) is 0 Å². The van der Waals surface area contributed by atoms with Gasteiger partial charge in [-0.2, -0.15) is 0 Å². The number of anilines is 1. The second-order valence-corrected chi connectivity index (χ2v) is 9.51. The van der Waals surface area contributed by atoms with Gasteiger partial charge in [-0.15, -0.1) is 0 Å². The van der Waals surface area contributed by atoms with Crippen molar-refractivity contribution < 1.29 is 12.8 Å². The molecule has 2 atom stereocenters. The monoisotopic (exact) mass is 375 g/mol. The highest BCUT2D eigenvalue weighted by molar-refractivity contribution is 7.93. The molecule has 0 aromatic heterocycles. The number of rotatable bonds is 2. The summed E-state index contributed by atoms with van der Waals surface area (Å²) >= 11 is 0. The summed E-state index contributed by atoms with van der Waals surface area (Å²) in [7, 11) is -3.79. The summed E-state index contributed by atoms with van der Waals surface area (Å²) in [6.45, 7) is 4.98. The molecule has 3 rings (SSSR count). The highest BCUT2D eigenvalue weighted by Gasteiger charge is 2.53. The van der Waals surface area contributed by atoms with Crippen LogP contribution in [0.25, 0.3) is 0 Å². The zero-order chi connectivity index (χ0) is 19.3. The van der Waals surface area contributed by atoms with Crippen molar-refractivity contribution in [3.05, 3.63) is 65.0 Å². The third kappa shape index (κ3) is 2.67. The Hall–Kier alpha value is -2.41. The van der Waals surface area contributed by atoms with E-state index in [1.54, 1.807) is 32.0 Å². The molecule has 1 heterocycles. The van der Waals surface area contributed by atoms with Gasteiger partial charge in [0.05, 0.1) is 5.75 Å². The second-order valence-electron chi connectivity index (χ2n) is 7.17. The van der Waals surface area contributed by atoms with E-state index >= 15 is 0 Å². The van der Waals surface area contributed by atoms with Crippen molar-refractivity contribution >= 4 is 21.4 Å². The van der Waals surface area contributed by atoms with Crippen molar-refractivity contribution in [1.82, 2.24) is 0 Å². The Labute approximate surface area is 152 Å². The molecule has 0 aliphatic carbocycles. The summed E-state index contributed by atoms with van der Waals surface area (Å²) in [5.41, 5.74) is 12.5. The lowest BCUT2D eigenvalue weighted by Gasteiger charge is -2.40. The molecule has 26 heavy (non-hydrogen) atoms. The van der Waals surface area contributed by atoms with Crippen LogP contribution in [0.3, 0.4) is 0 Å². The van der Waals surface area contributed by atoms with E-state index in [0.29, 0.717) is 11.3 Å². The number of nitrogen functional groups attached to an aromatic ring is 1. The maximum absolute atomic E-state index is 14.4. The second kappa shape index (κ2) is 5.81. The lowest BCUT2D eigenvalue weighted by Crippen LogP contribution is -2.54. The standard InChI is InChI=1S/C19H22FN3O2S/c1-12-5-4-6-13(9-12)19(3)17(22)23-18(2,11-26(19,24)25)15-10-14(21)7-8-16(15)20/h4-10H,11,21H2,1-3H3,(H2,22,23)/t18-,19-/m0/s1. The Kier molecular flexibility index (Phi) is 4.10. The summed E-state index contributed by atoms with van der Waals surface area (Å²) in [6.07, 6.45) is 0. The third-order valence-electron chi connectivity index (χ3n) is 5.09. The molecule has 2 aromatic carbocycles. The quantitative estimate of drug-likeness (QED) is 0.788. The van der Waals surface area contributed by atoms with Crippen LogP contribution in [-0.4, -0.2) is 20.0 Å². The predicted molar refractivity (Wildman–Crippen MR) is 102 cm³/mol. The lowest BCUT2D eigenvalue weighted by atomic mass is 9.91. The number of aryl methyl sites for hydroxylation is 1. The summed E-state index contributed by atoms with van der Waals surface area (Å²) in [4.78, 5) is 4.46. The summed E-state index contributed by atoms with van der Waals surface area (Å²) < 4.78 is 39.5. The highest BCUT2D eigenvalue weighted by atomic mass is 32.2. The van der Waals surface area contributed by atoms with E-state index in [1.165, 1.54) is 18.2 Å². The van der Waals surface area contributed by atoms with Crippen LogP contribution >= 0.6 is 0 Å². The minimum Gasteiger partial charge on any atom is -0.399 e. The Balaban J connectivity index is 2.23. The van der Waals surface area contributed by atoms with E-state index in [9.17, 15) is 12.8 Å². The van der Waals surface area contributed by atoms with E-state index in [2.05, 4.69) is 4.99 Å². The molecule has 0 spiro atoms. The van der Waals surface area contributed by atoms with Crippen molar-refractivity contribution in [2.24, 2.45) is 10.7 Å². The molecule has 138 valence electrons. The van der Waals surface area contributed by atoms with Gasteiger partial charge in [0.1, 0.15) is 17.2 Å². The first kappa shape index (κ1) is 18.4. The molecule has 0 unspecified atom stereocenters. The molecule has 1 aliphatic rings. The van der Waals surface area contributed by atoms with Crippen LogP contribution in [0.1, 0.15) is 30.5 Å². The lowest BCUT2D eigenvalue weighted by molar-refractivity contribution is 0.474. The van der Waals surface area contributed by atoms with Gasteiger partial charge >= 0.3 is 0 Å². The zero-order valence-electron chi connectivity index (χ0n) is 15.0. The number of aliphatic imine (C=N–C) groups is 1. The molecule has 0 bridgehead atoms. The average molecular weight is 375 g/mol. The fraction of sp³-hybridized carbons (Fsp3) is 0.316. The molecule has 1 aliphatic heterocycles. The van der Waals surface area contributed by atoms with Gasteiger partial charge in [-0.3, -0.25) is 4.99 Å². The van der Waals surface area contributed by atoms with Crippen LogP contribution in [0, 0.1) is 12.7 Å². The van der Waals surface area contributed by atoms with Gasteiger partial charge < -0.3 is 11.5 Å². The van der Waals surface area contributed by atoms with Crippen molar-refractivity contribution in [2.45, 2.75) is 31.1 Å². The van der Waals surface area contributed by atoms with Crippen molar-refractivity contribution in [3.63, 3.8) is 0 Å². The van der Waals surface area contributed by atoms with Gasteiger partial charge in [0.25, 0.3) is 0 Å². The Morgan fingerprint density at radius 2 is 1.81 bits per heavy atom. The van der Waals surface area contributed by atoms with Crippen molar-refractivity contribution in [1.29, 1.82) is 0 Å². The Bertz CT molecular complexity index is 1020. The van der Waals surface area contributed by atoms with Gasteiger partial charge in [-0.05, 0) is 44.5 Å². The minimum absolute atomic E-state index is 0.0568. The number of benzene rings is 2. The largest absolute Gasteiger partial charge is 0.399 e. The van der Waals surface area contributed by atoms with Crippen LogP contribution in [0.15, 0.2) is 47.5 Å². The number of nitrogens with zero attached hydrogens (tertiary/aromatic N) is 1. The summed E-state index contributed by atoms with van der Waals surface area (Å²) in [5.74, 6) is -0.989. The van der Waals surface area contributed by atoms with Gasteiger partial charge in [-0.1, -0.05) is 29.8 Å². The summed E-state index contributed by atoms with van der Waals surface area (Å²) in [5, 5.41) is 0. The number of hydrogen-bond acceptors (Lipinski definition) is 5. The van der Waals surface area contributed by atoms with Crippen molar-refractivity contribution in [2.75, 3.05) is 11.5 Å². The van der Waals surface area contributed by atoms with E-state index in [1.807, 2.05) is 13.0 Å². The number of sulfone groups is 1. The molecular formula is C19H22FN3O2S. The zero-order valence-corrected chi connectivity index (χ0v) is 15.8. The number of halogens is 1. The predicted octanol–water partition coefficient (Wildman–Crippen LogP) is 2.63. The normalized spacial score (nSPS) is 27.8. The Morgan fingerprint density at radius 1 is 1.12 bits per heavy atom. The molecule has 7 heteroatoms. The van der Waals surface area contributed by atoms with Gasteiger partial charge in [0, 0.05) is 11.3 Å². The van der Waals surface area contributed by atoms with E-state index in [0.717, 1.165) is 5.56 Å². The molecule has 2 aromatic rings. The maximum atomic E-state index is 14.4. The van der Waals surface area contributed by atoms with Crippen LogP contribution in [0.5, 0.6) is 0 Å². The first-order valence-electron chi connectivity index (χ1n) is 8.20. The van der Waals surface area contributed by atoms with E-state index < -0.39 is 25.9 Å². The third-order valence-corrected chi connectivity index (χ3v) is 7.72. The number of nitrogens with two attached hydrogens (primary N) is 2. The van der Waals surface area contributed by atoms with Crippen LogP contribution in [0.2, 0.25) is 0 Å². The van der Waals surface area contributed by atoms with Gasteiger partial charge in [-0.25, -0.2) is 12.8 Å². The molecule has 4 N–H and O–H groups in total. The van der Waals surface area contributed by atoms with Crippen LogP contribution < -0.4 is 11.5 Å². The first-order chi connectivity index (χ1) is 12.0. The fourth-order valence-corrected chi connectivity index (χ4v) is 5.54. The van der Waals surface area contributed by atoms with Crippen molar-refractivity contribution in [3.8, 4) is 0 Å². The van der Waals surface area contributed by atoms with Crippen LogP contribution in [-0.2, 0) is 20.1 Å². The summed E-state index contributed by atoms with van der Waals surface area (Å²) in [6, 6.07) is 11.2. The van der Waals surface area contributed by atoms with Gasteiger partial charge in [0.15, 0.2) is 14.6 Å². The molecule has 0 radical (unpaired) electrons. The fourth-order valence-electron chi connectivity index (χ4n) is 3.44. The molecule has 0 saturated carbocycles. The average Bonchev–Trinajstić information content (AvgIpc) is 2.54. The topological polar surface area (TPSA) is 98.5 Å².